The topological polar surface area (TPSA) is 25.8 Å². The molecule has 1 aromatic carbocycles. The summed E-state index contributed by atoms with van der Waals surface area (Å²) in [7, 11) is 0. The molecule has 0 radical (unpaired) electrons. The monoisotopic (exact) mass is 470 g/mol. The molecule has 0 bridgehead atoms. The third-order valence-corrected chi connectivity index (χ3v) is 7.02. The van der Waals surface area contributed by atoms with Crippen LogP contribution in [0, 0.1) is 0 Å². The van der Waals surface area contributed by atoms with Gasteiger partial charge in [0.25, 0.3) is 0 Å². The second kappa shape index (κ2) is 16.2. The Balaban J connectivity index is 1.43. The highest BCUT2D eigenvalue weighted by Gasteiger charge is 2.04. The minimum atomic E-state index is 1.00. The van der Waals surface area contributed by atoms with Gasteiger partial charge >= 0.3 is 0 Å². The zero-order valence-electron chi connectivity index (χ0n) is 22.3. The van der Waals surface area contributed by atoms with E-state index in [9.17, 15) is 0 Å². The van der Waals surface area contributed by atoms with E-state index in [0.29, 0.717) is 0 Å². The first-order valence-electron chi connectivity index (χ1n) is 14.3. The van der Waals surface area contributed by atoms with Crippen molar-refractivity contribution in [3.8, 4) is 22.5 Å². The molecule has 2 nitrogen and oxygen atoms in total. The van der Waals surface area contributed by atoms with Crippen LogP contribution in [0.1, 0.15) is 108 Å². The Morgan fingerprint density at radius 1 is 0.429 bits per heavy atom. The zero-order chi connectivity index (χ0) is 24.6. The van der Waals surface area contributed by atoms with Crippen LogP contribution in [0.4, 0.5) is 0 Å². The van der Waals surface area contributed by atoms with Crippen LogP contribution in [0.2, 0.25) is 0 Å². The average Bonchev–Trinajstić information content (AvgIpc) is 2.91. The van der Waals surface area contributed by atoms with Gasteiger partial charge in [-0.2, -0.15) is 0 Å². The Hall–Kier alpha value is -2.48. The van der Waals surface area contributed by atoms with Gasteiger partial charge in [0.05, 0.1) is 11.4 Å². The van der Waals surface area contributed by atoms with Crippen molar-refractivity contribution in [2.75, 3.05) is 0 Å². The molecule has 0 aliphatic rings. The van der Waals surface area contributed by atoms with Gasteiger partial charge in [0.1, 0.15) is 0 Å². The minimum Gasteiger partial charge on any atom is -0.256 e. The Morgan fingerprint density at radius 2 is 0.886 bits per heavy atom. The number of unbranched alkanes of at least 4 members (excludes halogenated alkanes) is 11. The molecule has 2 heterocycles. The lowest BCUT2D eigenvalue weighted by Gasteiger charge is -2.07. The van der Waals surface area contributed by atoms with Crippen LogP contribution in [-0.2, 0) is 12.8 Å². The van der Waals surface area contributed by atoms with E-state index < -0.39 is 0 Å². The smallest absolute Gasteiger partial charge is 0.0717 e. The van der Waals surface area contributed by atoms with Gasteiger partial charge < -0.3 is 0 Å². The lowest BCUT2D eigenvalue weighted by atomic mass is 10.0. The summed E-state index contributed by atoms with van der Waals surface area (Å²) in [5, 5.41) is 0. The molecule has 35 heavy (non-hydrogen) atoms. The molecular weight excluding hydrogens is 424 g/mol. The van der Waals surface area contributed by atoms with Crippen molar-refractivity contribution < 1.29 is 0 Å². The molecule has 0 N–H and O–H groups in total. The van der Waals surface area contributed by atoms with E-state index in [1.807, 2.05) is 12.4 Å². The van der Waals surface area contributed by atoms with E-state index in [1.54, 1.807) is 0 Å². The van der Waals surface area contributed by atoms with Crippen LogP contribution in [0.15, 0.2) is 60.9 Å². The summed E-state index contributed by atoms with van der Waals surface area (Å²) in [4.78, 5) is 9.45. The number of aromatic nitrogens is 2. The number of benzene rings is 1. The third-order valence-electron chi connectivity index (χ3n) is 7.02. The van der Waals surface area contributed by atoms with Crippen LogP contribution in [0.25, 0.3) is 22.5 Å². The Labute approximate surface area is 214 Å². The van der Waals surface area contributed by atoms with Crippen LogP contribution in [0.3, 0.4) is 0 Å². The van der Waals surface area contributed by atoms with Gasteiger partial charge in [-0.3, -0.25) is 9.97 Å². The molecule has 3 aromatic rings. The summed E-state index contributed by atoms with van der Waals surface area (Å²) in [6.07, 6.45) is 23.8. The van der Waals surface area contributed by atoms with Crippen LogP contribution in [0.5, 0.6) is 0 Å². The first-order valence-corrected chi connectivity index (χ1v) is 14.3. The van der Waals surface area contributed by atoms with Crippen molar-refractivity contribution >= 4 is 0 Å². The summed E-state index contributed by atoms with van der Waals surface area (Å²) < 4.78 is 0. The third kappa shape index (κ3) is 9.96. The first-order chi connectivity index (χ1) is 17.3. The molecular formula is C33H46N2. The predicted molar refractivity (Wildman–Crippen MR) is 152 cm³/mol. The number of hydrogen-bond acceptors (Lipinski definition) is 2. The predicted octanol–water partition coefficient (Wildman–Crippen LogP) is 10.0. The summed E-state index contributed by atoms with van der Waals surface area (Å²) in [5.41, 5.74) is 7.06. The zero-order valence-corrected chi connectivity index (χ0v) is 22.3. The normalized spacial score (nSPS) is 11.1. The molecule has 2 heteroatoms. The highest BCUT2D eigenvalue weighted by atomic mass is 14.7. The molecule has 0 aliphatic carbocycles. The number of rotatable bonds is 17. The molecule has 0 unspecified atom stereocenters. The summed E-state index contributed by atoms with van der Waals surface area (Å²) >= 11 is 0. The quantitative estimate of drug-likeness (QED) is 0.183. The Morgan fingerprint density at radius 3 is 1.43 bits per heavy atom. The van der Waals surface area contributed by atoms with E-state index in [-0.39, 0.29) is 0 Å². The number of hydrogen-bond donors (Lipinski definition) is 0. The van der Waals surface area contributed by atoms with Crippen molar-refractivity contribution in [2.24, 2.45) is 0 Å². The molecule has 0 amide bonds. The Kier molecular flexibility index (Phi) is 12.6. The lowest BCUT2D eigenvalue weighted by Crippen LogP contribution is -1.91. The molecule has 0 fully saturated rings. The van der Waals surface area contributed by atoms with E-state index in [2.05, 4.69) is 62.4 Å². The largest absolute Gasteiger partial charge is 0.256 e. The second-order valence-electron chi connectivity index (χ2n) is 10.1. The fraction of sp³-hybridized carbons (Fsp3) is 0.515. The molecule has 188 valence electrons. The van der Waals surface area contributed by atoms with E-state index in [4.69, 9.17) is 9.97 Å². The van der Waals surface area contributed by atoms with Crippen molar-refractivity contribution in [3.05, 3.63) is 72.1 Å². The summed E-state index contributed by atoms with van der Waals surface area (Å²) in [5.74, 6) is 0. The fourth-order valence-corrected chi connectivity index (χ4v) is 4.70. The van der Waals surface area contributed by atoms with Crippen molar-refractivity contribution in [1.82, 2.24) is 9.97 Å². The maximum absolute atomic E-state index is 4.73. The Bertz CT molecular complexity index is 926. The van der Waals surface area contributed by atoms with Gasteiger partial charge in [-0.1, -0.05) is 115 Å². The molecule has 0 atom stereocenters. The van der Waals surface area contributed by atoms with Gasteiger partial charge in [-0.25, -0.2) is 0 Å². The SMILES string of the molecule is CCCCCCCCCc1ccc(-c2ccc(-c3ccc(CCCCCCCC)cc3)nc2)nc1. The second-order valence-corrected chi connectivity index (χ2v) is 10.1. The van der Waals surface area contributed by atoms with Gasteiger partial charge in [-0.15, -0.1) is 0 Å². The molecule has 0 saturated heterocycles. The molecule has 0 spiro atoms. The maximum Gasteiger partial charge on any atom is 0.0717 e. The molecule has 2 aromatic heterocycles. The molecule has 0 saturated carbocycles. The lowest BCUT2D eigenvalue weighted by molar-refractivity contribution is 0.589. The average molecular weight is 471 g/mol. The number of aryl methyl sites for hydroxylation is 2. The van der Waals surface area contributed by atoms with Crippen LogP contribution < -0.4 is 0 Å². The first kappa shape index (κ1) is 27.1. The highest BCUT2D eigenvalue weighted by Crippen LogP contribution is 2.23. The van der Waals surface area contributed by atoms with Crippen molar-refractivity contribution in [2.45, 2.75) is 110 Å². The fourth-order valence-electron chi connectivity index (χ4n) is 4.70. The maximum atomic E-state index is 4.73. The standard InChI is InChI=1S/C33H46N2/c1-3-5-7-9-11-13-15-17-29-20-24-33(34-26-29)31-23-25-32(35-27-31)30-21-18-28(19-22-30)16-14-12-10-8-6-4-2/h18-27H,3-17H2,1-2H3. The van der Waals surface area contributed by atoms with Gasteiger partial charge in [0.2, 0.25) is 0 Å². The molecule has 3 rings (SSSR count). The van der Waals surface area contributed by atoms with E-state index in [0.717, 1.165) is 23.4 Å². The van der Waals surface area contributed by atoms with Crippen LogP contribution in [-0.4, -0.2) is 9.97 Å². The van der Waals surface area contributed by atoms with Gasteiger partial charge in [-0.05, 0) is 55.0 Å². The molecule has 0 aliphatic heterocycles. The van der Waals surface area contributed by atoms with Crippen LogP contribution >= 0.6 is 0 Å². The highest BCUT2D eigenvalue weighted by molar-refractivity contribution is 5.64. The van der Waals surface area contributed by atoms with Crippen molar-refractivity contribution in [1.29, 1.82) is 0 Å². The van der Waals surface area contributed by atoms with Crippen molar-refractivity contribution in [3.63, 3.8) is 0 Å². The minimum absolute atomic E-state index is 1.00. The summed E-state index contributed by atoms with van der Waals surface area (Å²) in [6.45, 7) is 4.55. The van der Waals surface area contributed by atoms with Gasteiger partial charge in [0, 0.05) is 23.5 Å². The summed E-state index contributed by atoms with van der Waals surface area (Å²) in [6, 6.07) is 17.6. The number of pyridine rings is 2. The van der Waals surface area contributed by atoms with E-state index in [1.165, 1.54) is 107 Å². The number of nitrogens with zero attached hydrogens (tertiary/aromatic N) is 2. The van der Waals surface area contributed by atoms with Gasteiger partial charge in [0.15, 0.2) is 0 Å². The van der Waals surface area contributed by atoms with E-state index >= 15 is 0 Å².